The largest absolute Gasteiger partial charge is 0.450 e. The molecule has 1 amide bonds. The van der Waals surface area contributed by atoms with Crippen LogP contribution in [-0.4, -0.2) is 38.7 Å². The quantitative estimate of drug-likeness (QED) is 0.724. The first-order valence-electron chi connectivity index (χ1n) is 4.91. The molecule has 1 rings (SSSR count). The van der Waals surface area contributed by atoms with Crippen molar-refractivity contribution in [1.29, 1.82) is 0 Å². The van der Waals surface area contributed by atoms with Crippen LogP contribution in [0.15, 0.2) is 0 Å². The average molecular weight is 203 g/mol. The third-order valence-corrected chi connectivity index (χ3v) is 1.92. The predicted octanol–water partition coefficient (Wildman–Crippen LogP) is 0.886. The summed E-state index contributed by atoms with van der Waals surface area (Å²) in [6.45, 7) is 3.64. The van der Waals surface area contributed by atoms with Gasteiger partial charge in [0.25, 0.3) is 0 Å². The summed E-state index contributed by atoms with van der Waals surface area (Å²) in [7, 11) is 0. The topological polar surface area (TPSA) is 56.8 Å². The van der Waals surface area contributed by atoms with Crippen molar-refractivity contribution >= 4 is 6.09 Å². The molecule has 82 valence electrons. The summed E-state index contributed by atoms with van der Waals surface area (Å²) < 4.78 is 15.1. The van der Waals surface area contributed by atoms with E-state index in [9.17, 15) is 4.79 Å². The van der Waals surface area contributed by atoms with Gasteiger partial charge in [0.2, 0.25) is 0 Å². The molecule has 14 heavy (non-hydrogen) atoms. The number of nitrogens with one attached hydrogen (secondary N) is 1. The molecule has 1 aliphatic heterocycles. The Morgan fingerprint density at radius 3 is 3.21 bits per heavy atom. The van der Waals surface area contributed by atoms with Crippen LogP contribution in [0.3, 0.4) is 0 Å². The number of carbonyl (C=O) groups excluding carboxylic acids is 1. The maximum absolute atomic E-state index is 11.1. The lowest BCUT2D eigenvalue weighted by molar-refractivity contribution is -0.0731. The Kier molecular flexibility index (Phi) is 5.32. The van der Waals surface area contributed by atoms with E-state index in [-0.39, 0.29) is 12.1 Å². The summed E-state index contributed by atoms with van der Waals surface area (Å²) in [4.78, 5) is 11.1. The number of alkyl carbamates (subject to hydrolysis) is 1. The monoisotopic (exact) mass is 203 g/mol. The molecule has 0 saturated carbocycles. The van der Waals surface area contributed by atoms with Crippen LogP contribution < -0.4 is 5.32 Å². The number of hydrogen-bond acceptors (Lipinski definition) is 4. The van der Waals surface area contributed by atoms with E-state index >= 15 is 0 Å². The van der Waals surface area contributed by atoms with Crippen LogP contribution in [0.2, 0.25) is 0 Å². The second-order valence-corrected chi connectivity index (χ2v) is 3.10. The molecule has 1 N–H and O–H groups in total. The predicted molar refractivity (Wildman–Crippen MR) is 50.0 cm³/mol. The smallest absolute Gasteiger partial charge is 0.407 e. The SMILES string of the molecule is CCOC(=O)N[C@@H]1CCCOCOC1. The fourth-order valence-electron chi connectivity index (χ4n) is 1.28. The fraction of sp³-hybridized carbons (Fsp3) is 0.889. The van der Waals surface area contributed by atoms with E-state index in [4.69, 9.17) is 14.2 Å². The molecule has 0 aromatic heterocycles. The van der Waals surface area contributed by atoms with Gasteiger partial charge in [-0.2, -0.15) is 0 Å². The Labute approximate surface area is 83.7 Å². The van der Waals surface area contributed by atoms with Gasteiger partial charge in [0.15, 0.2) is 0 Å². The molecule has 1 aliphatic rings. The molecule has 0 radical (unpaired) electrons. The molecule has 0 aromatic rings. The van der Waals surface area contributed by atoms with E-state index in [1.807, 2.05) is 0 Å². The van der Waals surface area contributed by atoms with Gasteiger partial charge in [-0.05, 0) is 19.8 Å². The van der Waals surface area contributed by atoms with Crippen LogP contribution in [-0.2, 0) is 14.2 Å². The Hall–Kier alpha value is -0.810. The minimum absolute atomic E-state index is 0.0398. The van der Waals surface area contributed by atoms with Crippen LogP contribution >= 0.6 is 0 Å². The van der Waals surface area contributed by atoms with Crippen molar-refractivity contribution in [3.05, 3.63) is 0 Å². The van der Waals surface area contributed by atoms with Gasteiger partial charge in [0.1, 0.15) is 6.79 Å². The maximum Gasteiger partial charge on any atom is 0.407 e. The number of amides is 1. The van der Waals surface area contributed by atoms with E-state index in [0.29, 0.717) is 26.6 Å². The molecule has 0 spiro atoms. The lowest BCUT2D eigenvalue weighted by Gasteiger charge is -2.20. The van der Waals surface area contributed by atoms with E-state index in [2.05, 4.69) is 5.32 Å². The van der Waals surface area contributed by atoms with E-state index in [0.717, 1.165) is 12.8 Å². The summed E-state index contributed by atoms with van der Waals surface area (Å²) in [6.07, 6.45) is 1.42. The highest BCUT2D eigenvalue weighted by Gasteiger charge is 2.14. The van der Waals surface area contributed by atoms with Crippen molar-refractivity contribution in [2.24, 2.45) is 0 Å². The molecule has 1 fully saturated rings. The molecule has 0 bridgehead atoms. The van der Waals surface area contributed by atoms with Crippen molar-refractivity contribution in [2.75, 3.05) is 26.6 Å². The maximum atomic E-state index is 11.1. The van der Waals surface area contributed by atoms with Crippen molar-refractivity contribution in [3.8, 4) is 0 Å². The third kappa shape index (κ3) is 4.43. The normalized spacial score (nSPS) is 23.4. The van der Waals surface area contributed by atoms with Crippen LogP contribution in [0.4, 0.5) is 4.79 Å². The highest BCUT2D eigenvalue weighted by atomic mass is 16.7. The highest BCUT2D eigenvalue weighted by Crippen LogP contribution is 2.03. The van der Waals surface area contributed by atoms with Crippen LogP contribution in [0.5, 0.6) is 0 Å². The molecule has 1 saturated heterocycles. The Morgan fingerprint density at radius 1 is 1.57 bits per heavy atom. The highest BCUT2D eigenvalue weighted by molar-refractivity contribution is 5.67. The molecule has 0 aliphatic carbocycles. The van der Waals surface area contributed by atoms with Gasteiger partial charge in [0.05, 0.1) is 19.3 Å². The van der Waals surface area contributed by atoms with Gasteiger partial charge in [-0.3, -0.25) is 0 Å². The number of carbonyl (C=O) groups is 1. The van der Waals surface area contributed by atoms with Gasteiger partial charge < -0.3 is 19.5 Å². The number of ether oxygens (including phenoxy) is 3. The average Bonchev–Trinajstić information content (AvgIpc) is 2.10. The zero-order valence-corrected chi connectivity index (χ0v) is 8.45. The minimum atomic E-state index is -0.373. The second kappa shape index (κ2) is 6.62. The molecule has 5 nitrogen and oxygen atoms in total. The van der Waals surface area contributed by atoms with Crippen LogP contribution in [0, 0.1) is 0 Å². The first kappa shape index (κ1) is 11.3. The Morgan fingerprint density at radius 2 is 2.43 bits per heavy atom. The third-order valence-electron chi connectivity index (χ3n) is 1.92. The molecular weight excluding hydrogens is 186 g/mol. The first-order valence-corrected chi connectivity index (χ1v) is 4.91. The molecule has 1 heterocycles. The fourth-order valence-corrected chi connectivity index (χ4v) is 1.28. The Bertz CT molecular complexity index is 166. The Balaban J connectivity index is 2.22. The van der Waals surface area contributed by atoms with E-state index in [1.54, 1.807) is 6.92 Å². The molecule has 0 unspecified atom stereocenters. The lowest BCUT2D eigenvalue weighted by Crippen LogP contribution is -2.39. The number of hydrogen-bond donors (Lipinski definition) is 1. The van der Waals surface area contributed by atoms with Crippen molar-refractivity contribution in [2.45, 2.75) is 25.8 Å². The van der Waals surface area contributed by atoms with Crippen molar-refractivity contribution in [1.82, 2.24) is 5.32 Å². The zero-order chi connectivity index (χ0) is 10.2. The summed E-state index contributed by atoms with van der Waals surface area (Å²) in [5, 5.41) is 2.75. The summed E-state index contributed by atoms with van der Waals surface area (Å²) in [5.41, 5.74) is 0. The minimum Gasteiger partial charge on any atom is -0.450 e. The first-order chi connectivity index (χ1) is 6.83. The number of rotatable bonds is 2. The molecular formula is C9H17NO4. The second-order valence-electron chi connectivity index (χ2n) is 3.10. The molecule has 0 aromatic carbocycles. The van der Waals surface area contributed by atoms with Gasteiger partial charge >= 0.3 is 6.09 Å². The standard InChI is InChI=1S/C9H17NO4/c1-2-14-9(11)10-8-4-3-5-12-7-13-6-8/h8H,2-7H2,1H3,(H,10,11)/t8-/m1/s1. The molecule has 5 heteroatoms. The molecule has 1 atom stereocenters. The van der Waals surface area contributed by atoms with Gasteiger partial charge in [-0.15, -0.1) is 0 Å². The lowest BCUT2D eigenvalue weighted by atomic mass is 10.2. The van der Waals surface area contributed by atoms with Crippen LogP contribution in [0.25, 0.3) is 0 Å². The zero-order valence-electron chi connectivity index (χ0n) is 8.45. The van der Waals surface area contributed by atoms with Gasteiger partial charge in [-0.25, -0.2) is 4.79 Å². The summed E-state index contributed by atoms with van der Waals surface area (Å²) in [6, 6.07) is 0.0398. The summed E-state index contributed by atoms with van der Waals surface area (Å²) in [5.74, 6) is 0. The van der Waals surface area contributed by atoms with Crippen molar-refractivity contribution < 1.29 is 19.0 Å². The van der Waals surface area contributed by atoms with Gasteiger partial charge in [-0.1, -0.05) is 0 Å². The van der Waals surface area contributed by atoms with Crippen LogP contribution in [0.1, 0.15) is 19.8 Å². The van der Waals surface area contributed by atoms with Gasteiger partial charge in [0, 0.05) is 6.61 Å². The van der Waals surface area contributed by atoms with E-state index in [1.165, 1.54) is 0 Å². The summed E-state index contributed by atoms with van der Waals surface area (Å²) >= 11 is 0. The van der Waals surface area contributed by atoms with Crippen molar-refractivity contribution in [3.63, 3.8) is 0 Å². The van der Waals surface area contributed by atoms with E-state index < -0.39 is 0 Å².